The van der Waals surface area contributed by atoms with Gasteiger partial charge in [-0.15, -0.1) is 0 Å². The van der Waals surface area contributed by atoms with Gasteiger partial charge in [0.05, 0.1) is 0 Å². The van der Waals surface area contributed by atoms with E-state index in [4.69, 9.17) is 0 Å². The molecule has 0 spiro atoms. The van der Waals surface area contributed by atoms with Crippen LogP contribution in [-0.2, 0) is 0 Å². The summed E-state index contributed by atoms with van der Waals surface area (Å²) in [6, 6.07) is 0.745. The van der Waals surface area contributed by atoms with Gasteiger partial charge < -0.3 is 4.90 Å². The van der Waals surface area contributed by atoms with Gasteiger partial charge in [-0.25, -0.2) is 0 Å². The third-order valence-electron chi connectivity index (χ3n) is 3.19. The van der Waals surface area contributed by atoms with Crippen LogP contribution in [0.5, 0.6) is 0 Å². The van der Waals surface area contributed by atoms with E-state index in [0.717, 1.165) is 17.9 Å². The zero-order chi connectivity index (χ0) is 9.14. The molecule has 1 aliphatic heterocycles. The van der Waals surface area contributed by atoms with Gasteiger partial charge in [-0.05, 0) is 32.1 Å². The minimum absolute atomic E-state index is 0.745. The van der Waals surface area contributed by atoms with E-state index in [1.165, 1.54) is 25.9 Å². The minimum Gasteiger partial charge on any atom is -0.300 e. The number of hydrogen-bond acceptors (Lipinski definition) is 1. The van der Waals surface area contributed by atoms with E-state index in [1.807, 2.05) is 0 Å². The van der Waals surface area contributed by atoms with Crippen LogP contribution in [0, 0.1) is 11.8 Å². The van der Waals surface area contributed by atoms with E-state index in [0.29, 0.717) is 0 Å². The van der Waals surface area contributed by atoms with Crippen LogP contribution in [0.3, 0.4) is 0 Å². The number of rotatable bonds is 3. The zero-order valence-corrected chi connectivity index (χ0v) is 9.01. The van der Waals surface area contributed by atoms with Crippen LogP contribution in [-0.4, -0.2) is 24.0 Å². The van der Waals surface area contributed by atoms with Crippen molar-refractivity contribution in [1.29, 1.82) is 0 Å². The molecule has 0 aromatic heterocycles. The van der Waals surface area contributed by atoms with Gasteiger partial charge >= 0.3 is 0 Å². The molecule has 1 heteroatoms. The largest absolute Gasteiger partial charge is 0.300 e. The van der Waals surface area contributed by atoms with Gasteiger partial charge in [0.2, 0.25) is 0 Å². The molecule has 0 amide bonds. The van der Waals surface area contributed by atoms with Crippen LogP contribution in [0.25, 0.3) is 0 Å². The highest BCUT2D eigenvalue weighted by Gasteiger charge is 2.29. The summed E-state index contributed by atoms with van der Waals surface area (Å²) in [5.74, 6) is 1.89. The van der Waals surface area contributed by atoms with E-state index in [9.17, 15) is 0 Å². The van der Waals surface area contributed by atoms with Crippen molar-refractivity contribution in [3.05, 3.63) is 0 Å². The van der Waals surface area contributed by atoms with Gasteiger partial charge in [0.15, 0.2) is 0 Å². The summed E-state index contributed by atoms with van der Waals surface area (Å²) >= 11 is 0. The Morgan fingerprint density at radius 3 is 2.42 bits per heavy atom. The second kappa shape index (κ2) is 4.27. The van der Waals surface area contributed by atoms with Crippen molar-refractivity contribution in [2.75, 3.05) is 13.1 Å². The molecule has 0 bridgehead atoms. The van der Waals surface area contributed by atoms with Gasteiger partial charge in [-0.2, -0.15) is 0 Å². The molecule has 72 valence electrons. The van der Waals surface area contributed by atoms with Crippen LogP contribution in [0.2, 0.25) is 0 Å². The van der Waals surface area contributed by atoms with Crippen molar-refractivity contribution >= 4 is 0 Å². The molecule has 1 aliphatic rings. The molecule has 1 saturated heterocycles. The molecular formula is C11H23N. The Hall–Kier alpha value is -0.0400. The first-order valence-corrected chi connectivity index (χ1v) is 5.39. The van der Waals surface area contributed by atoms with E-state index >= 15 is 0 Å². The summed E-state index contributed by atoms with van der Waals surface area (Å²) in [4.78, 5) is 2.62. The van der Waals surface area contributed by atoms with Crippen molar-refractivity contribution in [3.63, 3.8) is 0 Å². The fraction of sp³-hybridized carbons (Fsp3) is 1.00. The highest BCUT2D eigenvalue weighted by Crippen LogP contribution is 2.27. The summed E-state index contributed by atoms with van der Waals surface area (Å²) in [5.41, 5.74) is 0. The normalized spacial score (nSPS) is 31.8. The topological polar surface area (TPSA) is 3.24 Å². The maximum absolute atomic E-state index is 2.62. The molecule has 12 heavy (non-hydrogen) atoms. The first kappa shape index (κ1) is 10.0. The van der Waals surface area contributed by atoms with Gasteiger partial charge in [-0.3, -0.25) is 0 Å². The first-order chi connectivity index (χ1) is 5.65. The number of hydrogen-bond donors (Lipinski definition) is 0. The minimum atomic E-state index is 0.745. The van der Waals surface area contributed by atoms with Gasteiger partial charge in [-0.1, -0.05) is 20.3 Å². The third-order valence-corrected chi connectivity index (χ3v) is 3.19. The molecule has 0 aromatic rings. The van der Waals surface area contributed by atoms with Gasteiger partial charge in [0, 0.05) is 19.1 Å². The summed E-state index contributed by atoms with van der Waals surface area (Å²) in [6.45, 7) is 12.0. The molecule has 0 saturated carbocycles. The van der Waals surface area contributed by atoms with Crippen molar-refractivity contribution in [3.8, 4) is 0 Å². The standard InChI is InChI=1S/C11H23N/c1-5-6-11-8-12(9(2)3)7-10(11)4/h9-11H,5-8H2,1-4H3. The lowest BCUT2D eigenvalue weighted by molar-refractivity contribution is 0.261. The number of likely N-dealkylation sites (tertiary alicyclic amines) is 1. The van der Waals surface area contributed by atoms with Crippen LogP contribution in [0.1, 0.15) is 40.5 Å². The van der Waals surface area contributed by atoms with Crippen molar-refractivity contribution in [2.45, 2.75) is 46.6 Å². The van der Waals surface area contributed by atoms with Crippen LogP contribution in [0.4, 0.5) is 0 Å². The second-order valence-corrected chi connectivity index (χ2v) is 4.57. The molecule has 1 nitrogen and oxygen atoms in total. The fourth-order valence-corrected chi connectivity index (χ4v) is 2.24. The number of nitrogens with zero attached hydrogens (tertiary/aromatic N) is 1. The Morgan fingerprint density at radius 1 is 1.33 bits per heavy atom. The van der Waals surface area contributed by atoms with E-state index in [1.54, 1.807) is 0 Å². The summed E-state index contributed by atoms with van der Waals surface area (Å²) in [7, 11) is 0. The Kier molecular flexibility index (Phi) is 3.57. The van der Waals surface area contributed by atoms with Crippen molar-refractivity contribution < 1.29 is 0 Å². The van der Waals surface area contributed by atoms with Crippen LogP contribution >= 0.6 is 0 Å². The lowest BCUT2D eigenvalue weighted by Crippen LogP contribution is -2.28. The van der Waals surface area contributed by atoms with Crippen LogP contribution < -0.4 is 0 Å². The lowest BCUT2D eigenvalue weighted by atomic mass is 9.94. The molecule has 1 heterocycles. The predicted molar refractivity (Wildman–Crippen MR) is 54.3 cm³/mol. The summed E-state index contributed by atoms with van der Waals surface area (Å²) in [5, 5.41) is 0. The highest BCUT2D eigenvalue weighted by molar-refractivity contribution is 4.82. The average Bonchev–Trinajstić information content (AvgIpc) is 2.34. The van der Waals surface area contributed by atoms with E-state index < -0.39 is 0 Å². The third kappa shape index (κ3) is 2.22. The molecule has 0 N–H and O–H groups in total. The Labute approximate surface area is 77.1 Å². The molecule has 2 atom stereocenters. The molecule has 1 fully saturated rings. The lowest BCUT2D eigenvalue weighted by Gasteiger charge is -2.19. The predicted octanol–water partition coefficient (Wildman–Crippen LogP) is 2.76. The Bertz CT molecular complexity index is 131. The quantitative estimate of drug-likeness (QED) is 0.628. The fourth-order valence-electron chi connectivity index (χ4n) is 2.24. The summed E-state index contributed by atoms with van der Waals surface area (Å²) < 4.78 is 0. The molecule has 0 aromatic carbocycles. The smallest absolute Gasteiger partial charge is 0.00388 e. The average molecular weight is 169 g/mol. The van der Waals surface area contributed by atoms with Crippen molar-refractivity contribution in [2.24, 2.45) is 11.8 Å². The SMILES string of the molecule is CCCC1CN(C(C)C)CC1C. The summed E-state index contributed by atoms with van der Waals surface area (Å²) in [6.07, 6.45) is 2.77. The maximum Gasteiger partial charge on any atom is 0.00388 e. The molecule has 0 radical (unpaired) electrons. The zero-order valence-electron chi connectivity index (χ0n) is 9.01. The molecule has 2 unspecified atom stereocenters. The second-order valence-electron chi connectivity index (χ2n) is 4.57. The van der Waals surface area contributed by atoms with Crippen LogP contribution in [0.15, 0.2) is 0 Å². The Morgan fingerprint density at radius 2 is 2.00 bits per heavy atom. The van der Waals surface area contributed by atoms with Gasteiger partial charge in [0.25, 0.3) is 0 Å². The maximum atomic E-state index is 2.62. The Balaban J connectivity index is 2.39. The highest BCUT2D eigenvalue weighted by atomic mass is 15.2. The van der Waals surface area contributed by atoms with Gasteiger partial charge in [0.1, 0.15) is 0 Å². The first-order valence-electron chi connectivity index (χ1n) is 5.39. The monoisotopic (exact) mass is 169 g/mol. The van der Waals surface area contributed by atoms with E-state index in [2.05, 4.69) is 32.6 Å². The van der Waals surface area contributed by atoms with E-state index in [-0.39, 0.29) is 0 Å². The molecular weight excluding hydrogens is 146 g/mol. The van der Waals surface area contributed by atoms with Crippen molar-refractivity contribution in [1.82, 2.24) is 4.90 Å². The molecule has 1 rings (SSSR count). The molecule has 0 aliphatic carbocycles.